The average molecular weight is 222 g/mol. The maximum absolute atomic E-state index is 8.55. The smallest absolute Gasteiger partial charge is 0.0991 e. The minimum atomic E-state index is 0.695. The van der Waals surface area contributed by atoms with Crippen LogP contribution in [0.5, 0.6) is 0 Å². The largest absolute Gasteiger partial charge is 0.192 e. The van der Waals surface area contributed by atoms with Crippen LogP contribution in [0.4, 0.5) is 0 Å². The average Bonchev–Trinajstić information content (AvgIpc) is 2.17. The van der Waals surface area contributed by atoms with Crippen LogP contribution in [0, 0.1) is 11.3 Å². The van der Waals surface area contributed by atoms with Crippen LogP contribution in [0.2, 0.25) is 0 Å². The summed E-state index contributed by atoms with van der Waals surface area (Å²) in [5.41, 5.74) is 2.98. The second-order valence-electron chi connectivity index (χ2n) is 2.48. The molecule has 0 amide bonds. The van der Waals surface area contributed by atoms with Gasteiger partial charge in [0.1, 0.15) is 0 Å². The van der Waals surface area contributed by atoms with Crippen molar-refractivity contribution in [3.05, 3.63) is 40.4 Å². The van der Waals surface area contributed by atoms with Gasteiger partial charge in [-0.3, -0.25) is 0 Å². The van der Waals surface area contributed by atoms with E-state index in [2.05, 4.69) is 22.0 Å². The Balaban J connectivity index is 3.02. The topological polar surface area (TPSA) is 23.8 Å². The highest BCUT2D eigenvalue weighted by Crippen LogP contribution is 2.15. The minimum Gasteiger partial charge on any atom is -0.192 e. The molecule has 1 rings (SSSR count). The van der Waals surface area contributed by atoms with E-state index in [0.717, 1.165) is 11.1 Å². The molecule has 0 N–H and O–H groups in total. The molecular weight excluding hydrogens is 214 g/mol. The van der Waals surface area contributed by atoms with E-state index in [0.29, 0.717) is 5.56 Å². The van der Waals surface area contributed by atoms with Crippen LogP contribution < -0.4 is 0 Å². The van der Waals surface area contributed by atoms with Crippen molar-refractivity contribution in [2.24, 2.45) is 0 Å². The lowest BCUT2D eigenvalue weighted by atomic mass is 10.1. The second-order valence-corrected chi connectivity index (χ2v) is 2.94. The zero-order chi connectivity index (χ0) is 8.97. The third-order valence-electron chi connectivity index (χ3n) is 1.63. The summed E-state index contributed by atoms with van der Waals surface area (Å²) in [4.78, 5) is 1.87. The Morgan fingerprint density at radius 2 is 2.00 bits per heavy atom. The lowest BCUT2D eigenvalue weighted by Crippen LogP contribution is -1.78. The summed E-state index contributed by atoms with van der Waals surface area (Å²) in [7, 11) is 0. The van der Waals surface area contributed by atoms with Crippen molar-refractivity contribution in [2.75, 3.05) is 0 Å². The molecule has 0 fully saturated rings. The Bertz CT molecular complexity index is 330. The first-order valence-corrected chi connectivity index (χ1v) is 4.47. The molecule has 0 aliphatic rings. The molecule has 0 radical (unpaired) electrons. The first kappa shape index (κ1) is 9.02. The molecule has 1 aromatic rings. The molecule has 0 saturated heterocycles. The zero-order valence-corrected chi connectivity index (χ0v) is 8.30. The molecule has 12 heavy (non-hydrogen) atoms. The number of benzene rings is 1. The van der Waals surface area contributed by atoms with Crippen molar-refractivity contribution < 1.29 is 0 Å². The highest BCUT2D eigenvalue weighted by Gasteiger charge is 1.94. The van der Waals surface area contributed by atoms with Crippen LogP contribution in [0.15, 0.2) is 29.3 Å². The maximum Gasteiger partial charge on any atom is 0.0991 e. The molecule has 0 unspecified atom stereocenters. The fourth-order valence-electron chi connectivity index (χ4n) is 0.871. The van der Waals surface area contributed by atoms with Crippen LogP contribution in [0.1, 0.15) is 18.1 Å². The summed E-state index contributed by atoms with van der Waals surface area (Å²) < 4.78 is 0. The highest BCUT2D eigenvalue weighted by atomic mass is 79.9. The number of nitrogens with zero attached hydrogens (tertiary/aromatic N) is 1. The lowest BCUT2D eigenvalue weighted by Gasteiger charge is -1.98. The molecule has 0 spiro atoms. The molecule has 0 aliphatic carbocycles. The molecule has 60 valence electrons. The Morgan fingerprint density at radius 1 is 1.42 bits per heavy atom. The van der Waals surface area contributed by atoms with Gasteiger partial charge in [0.25, 0.3) is 0 Å². The highest BCUT2D eigenvalue weighted by molar-refractivity contribution is 9.11. The minimum absolute atomic E-state index is 0.695. The van der Waals surface area contributed by atoms with E-state index in [1.165, 1.54) is 0 Å². The van der Waals surface area contributed by atoms with E-state index in [1.807, 2.05) is 36.2 Å². The predicted octanol–water partition coefficient (Wildman–Crippen LogP) is 3.31. The van der Waals surface area contributed by atoms with Gasteiger partial charge in [0.05, 0.1) is 11.6 Å². The fraction of sp³-hybridized carbons (Fsp3) is 0.100. The number of hydrogen-bond acceptors (Lipinski definition) is 1. The standard InChI is InChI=1S/C10H8BrN/c1-8(6-11)10-4-2-9(7-12)3-5-10/h2-6H,1H3/b8-6-. The van der Waals surface area contributed by atoms with Crippen molar-refractivity contribution in [3.63, 3.8) is 0 Å². The number of hydrogen-bond donors (Lipinski definition) is 0. The van der Waals surface area contributed by atoms with Gasteiger partial charge in [0.15, 0.2) is 0 Å². The van der Waals surface area contributed by atoms with Crippen LogP contribution in [0.25, 0.3) is 5.57 Å². The van der Waals surface area contributed by atoms with Crippen LogP contribution in [-0.2, 0) is 0 Å². The maximum atomic E-state index is 8.55. The van der Waals surface area contributed by atoms with E-state index in [9.17, 15) is 0 Å². The summed E-state index contributed by atoms with van der Waals surface area (Å²) in [6.07, 6.45) is 0. The summed E-state index contributed by atoms with van der Waals surface area (Å²) >= 11 is 3.26. The molecule has 1 aromatic carbocycles. The molecule has 0 saturated carbocycles. The number of halogens is 1. The number of nitriles is 1. The van der Waals surface area contributed by atoms with E-state index in [-0.39, 0.29) is 0 Å². The van der Waals surface area contributed by atoms with Crippen LogP contribution in [0.3, 0.4) is 0 Å². The monoisotopic (exact) mass is 221 g/mol. The van der Waals surface area contributed by atoms with Gasteiger partial charge < -0.3 is 0 Å². The second kappa shape index (κ2) is 4.08. The summed E-state index contributed by atoms with van der Waals surface area (Å²) in [6.45, 7) is 2.01. The Labute approximate surface area is 80.5 Å². The Morgan fingerprint density at radius 3 is 2.42 bits per heavy atom. The van der Waals surface area contributed by atoms with Gasteiger partial charge in [-0.15, -0.1) is 0 Å². The third kappa shape index (κ3) is 1.96. The molecule has 0 heterocycles. The molecular formula is C10H8BrN. The molecule has 0 atom stereocenters. The Kier molecular flexibility index (Phi) is 3.07. The zero-order valence-electron chi connectivity index (χ0n) is 6.71. The first-order chi connectivity index (χ1) is 5.77. The van der Waals surface area contributed by atoms with Gasteiger partial charge in [-0.25, -0.2) is 0 Å². The number of rotatable bonds is 1. The normalized spacial score (nSPS) is 10.9. The first-order valence-electron chi connectivity index (χ1n) is 3.55. The molecule has 1 nitrogen and oxygen atoms in total. The quantitative estimate of drug-likeness (QED) is 0.714. The van der Waals surface area contributed by atoms with E-state index in [1.54, 1.807) is 0 Å². The van der Waals surface area contributed by atoms with Crippen LogP contribution in [-0.4, -0.2) is 0 Å². The molecule has 0 aliphatic heterocycles. The predicted molar refractivity (Wildman–Crippen MR) is 53.7 cm³/mol. The van der Waals surface area contributed by atoms with E-state index >= 15 is 0 Å². The van der Waals surface area contributed by atoms with Gasteiger partial charge in [-0.1, -0.05) is 28.1 Å². The van der Waals surface area contributed by atoms with Gasteiger partial charge >= 0.3 is 0 Å². The fourth-order valence-corrected chi connectivity index (χ4v) is 1.13. The van der Waals surface area contributed by atoms with Gasteiger partial charge in [0.2, 0.25) is 0 Å². The van der Waals surface area contributed by atoms with Crippen molar-refractivity contribution >= 4 is 21.5 Å². The summed E-state index contributed by atoms with van der Waals surface area (Å²) in [5.74, 6) is 0. The lowest BCUT2D eigenvalue weighted by molar-refractivity contribution is 1.47. The van der Waals surface area contributed by atoms with Gasteiger partial charge in [-0.2, -0.15) is 5.26 Å². The van der Waals surface area contributed by atoms with E-state index < -0.39 is 0 Å². The summed E-state index contributed by atoms with van der Waals surface area (Å²) in [5, 5.41) is 8.55. The van der Waals surface area contributed by atoms with Crippen molar-refractivity contribution in [1.29, 1.82) is 5.26 Å². The van der Waals surface area contributed by atoms with Crippen molar-refractivity contribution in [1.82, 2.24) is 0 Å². The summed E-state index contributed by atoms with van der Waals surface area (Å²) in [6, 6.07) is 9.58. The SMILES string of the molecule is C/C(=C/Br)c1ccc(C#N)cc1. The van der Waals surface area contributed by atoms with Crippen molar-refractivity contribution in [3.8, 4) is 6.07 Å². The molecule has 0 aromatic heterocycles. The van der Waals surface area contributed by atoms with Crippen molar-refractivity contribution in [2.45, 2.75) is 6.92 Å². The van der Waals surface area contributed by atoms with E-state index in [4.69, 9.17) is 5.26 Å². The number of allylic oxidation sites excluding steroid dienone is 1. The van der Waals surface area contributed by atoms with Gasteiger partial charge in [-0.05, 0) is 35.2 Å². The Hall–Kier alpha value is -1.07. The molecule has 2 heteroatoms. The van der Waals surface area contributed by atoms with Crippen LogP contribution >= 0.6 is 15.9 Å². The van der Waals surface area contributed by atoms with Gasteiger partial charge in [0, 0.05) is 0 Å². The third-order valence-corrected chi connectivity index (χ3v) is 2.32. The molecule has 0 bridgehead atoms.